The number of aromatic nitrogens is 1. The molecule has 1 aromatic carbocycles. The molecule has 1 aliphatic heterocycles. The van der Waals surface area contributed by atoms with Crippen molar-refractivity contribution in [3.8, 4) is 10.6 Å². The first-order chi connectivity index (χ1) is 10.6. The number of benzene rings is 1. The molecule has 4 rings (SSSR count). The Hall–Kier alpha value is -1.06. The second-order valence-corrected chi connectivity index (χ2v) is 8.01. The quantitative estimate of drug-likeness (QED) is 0.551. The molecule has 2 heterocycles. The molecule has 2 aliphatic rings. The molecule has 1 aliphatic carbocycles. The zero-order valence-corrected chi connectivity index (χ0v) is 14.6. The Labute approximate surface area is 141 Å². The average Bonchev–Trinajstić information content (AvgIpc) is 2.99. The molecule has 1 unspecified atom stereocenters. The Balaban J connectivity index is 1.73. The van der Waals surface area contributed by atoms with Crippen LogP contribution < -0.4 is 4.90 Å². The van der Waals surface area contributed by atoms with E-state index in [1.54, 1.807) is 11.3 Å². The summed E-state index contributed by atoms with van der Waals surface area (Å²) in [6, 6.07) is 6.96. The number of thiazole rings is 1. The van der Waals surface area contributed by atoms with Crippen molar-refractivity contribution in [1.82, 2.24) is 4.98 Å². The van der Waals surface area contributed by atoms with Crippen molar-refractivity contribution in [2.75, 3.05) is 4.90 Å². The fourth-order valence-corrected chi connectivity index (χ4v) is 4.99. The highest BCUT2D eigenvalue weighted by Crippen LogP contribution is 2.43. The van der Waals surface area contributed by atoms with Gasteiger partial charge in [0.1, 0.15) is 10.5 Å². The van der Waals surface area contributed by atoms with Crippen LogP contribution in [0.2, 0.25) is 0 Å². The maximum atomic E-state index is 6.59. The molecular weight excluding hydrogens is 312 g/mol. The molecule has 1 aromatic heterocycles. The summed E-state index contributed by atoms with van der Waals surface area (Å²) in [5.74, 6) is 0.703. The van der Waals surface area contributed by atoms with E-state index >= 15 is 0 Å². The van der Waals surface area contributed by atoms with Gasteiger partial charge in [0, 0.05) is 35.0 Å². The van der Waals surface area contributed by atoms with E-state index in [0.29, 0.717) is 12.0 Å². The Bertz CT molecular complexity index is 690. The number of anilines is 1. The average molecular weight is 333 g/mol. The van der Waals surface area contributed by atoms with Crippen molar-refractivity contribution in [2.24, 2.45) is 0 Å². The van der Waals surface area contributed by atoms with E-state index < -0.39 is 0 Å². The van der Waals surface area contributed by atoms with Crippen molar-refractivity contribution in [3.63, 3.8) is 0 Å². The minimum Gasteiger partial charge on any atom is -0.352 e. The maximum Gasteiger partial charge on any atom is 0.123 e. The van der Waals surface area contributed by atoms with Gasteiger partial charge in [0.25, 0.3) is 0 Å². The van der Waals surface area contributed by atoms with Gasteiger partial charge in [0.2, 0.25) is 0 Å². The van der Waals surface area contributed by atoms with Crippen LogP contribution in [-0.2, 0) is 6.42 Å². The van der Waals surface area contributed by atoms with Gasteiger partial charge in [0.05, 0.1) is 5.69 Å². The number of fused-ring (bicyclic) bond motifs is 1. The van der Waals surface area contributed by atoms with Gasteiger partial charge < -0.3 is 4.90 Å². The summed E-state index contributed by atoms with van der Waals surface area (Å²) >= 11 is 8.38. The number of rotatable bonds is 3. The number of nitrogens with zero attached hydrogens (tertiary/aromatic N) is 2. The summed E-state index contributed by atoms with van der Waals surface area (Å²) in [4.78, 5) is 7.25. The molecule has 0 radical (unpaired) electrons. The van der Waals surface area contributed by atoms with Crippen molar-refractivity contribution in [3.05, 3.63) is 34.8 Å². The molecule has 1 atom stereocenters. The minimum absolute atomic E-state index is 0.0576. The molecule has 0 bridgehead atoms. The maximum absolute atomic E-state index is 6.59. The monoisotopic (exact) mass is 332 g/mol. The van der Waals surface area contributed by atoms with E-state index in [2.05, 4.69) is 42.3 Å². The van der Waals surface area contributed by atoms with Crippen LogP contribution in [0.1, 0.15) is 50.3 Å². The predicted octanol–water partition coefficient (Wildman–Crippen LogP) is 5.41. The molecular formula is C18H21ClN2S. The summed E-state index contributed by atoms with van der Waals surface area (Å²) in [6.45, 7) is 4.41. The topological polar surface area (TPSA) is 16.1 Å². The lowest BCUT2D eigenvalue weighted by molar-refractivity contribution is 0.413. The van der Waals surface area contributed by atoms with Crippen molar-refractivity contribution < 1.29 is 0 Å². The number of halogens is 1. The number of alkyl halides is 1. The normalized spacial score (nSPS) is 21.3. The first kappa shape index (κ1) is 14.5. The van der Waals surface area contributed by atoms with E-state index in [4.69, 9.17) is 16.6 Å². The lowest BCUT2D eigenvalue weighted by atomic mass is 9.83. The second kappa shape index (κ2) is 5.54. The van der Waals surface area contributed by atoms with Crippen LogP contribution in [0.5, 0.6) is 0 Å². The van der Waals surface area contributed by atoms with Crippen molar-refractivity contribution in [1.29, 1.82) is 0 Å². The smallest absolute Gasteiger partial charge is 0.123 e. The fourth-order valence-electron chi connectivity index (χ4n) is 3.55. The van der Waals surface area contributed by atoms with Gasteiger partial charge in [0.15, 0.2) is 0 Å². The lowest BCUT2D eigenvalue weighted by Crippen LogP contribution is -2.33. The van der Waals surface area contributed by atoms with Crippen LogP contribution in [0, 0.1) is 0 Å². The molecule has 22 heavy (non-hydrogen) atoms. The first-order valence-corrected chi connectivity index (χ1v) is 9.47. The fraction of sp³-hybridized carbons (Fsp3) is 0.500. The van der Waals surface area contributed by atoms with Crippen LogP contribution in [0.25, 0.3) is 10.6 Å². The molecule has 116 valence electrons. The van der Waals surface area contributed by atoms with Gasteiger partial charge in [-0.2, -0.15) is 0 Å². The van der Waals surface area contributed by atoms with Crippen molar-refractivity contribution >= 4 is 28.6 Å². The predicted molar refractivity (Wildman–Crippen MR) is 95.1 cm³/mol. The third kappa shape index (κ3) is 2.26. The second-order valence-electron chi connectivity index (χ2n) is 6.65. The van der Waals surface area contributed by atoms with Gasteiger partial charge in [-0.05, 0) is 38.3 Å². The highest BCUT2D eigenvalue weighted by molar-refractivity contribution is 7.13. The molecule has 2 aromatic rings. The number of hydrogen-bond donors (Lipinski definition) is 0. The van der Waals surface area contributed by atoms with Gasteiger partial charge in [-0.3, -0.25) is 0 Å². The third-order valence-electron chi connectivity index (χ3n) is 4.94. The van der Waals surface area contributed by atoms with Gasteiger partial charge >= 0.3 is 0 Å². The molecule has 4 heteroatoms. The van der Waals surface area contributed by atoms with Crippen LogP contribution in [0.3, 0.4) is 0 Å². The molecule has 1 fully saturated rings. The highest BCUT2D eigenvalue weighted by atomic mass is 35.5. The van der Waals surface area contributed by atoms with Gasteiger partial charge in [-0.15, -0.1) is 11.3 Å². The highest BCUT2D eigenvalue weighted by Gasteiger charge is 2.32. The zero-order valence-electron chi connectivity index (χ0n) is 13.1. The molecule has 0 spiro atoms. The summed E-state index contributed by atoms with van der Waals surface area (Å²) in [7, 11) is 0. The van der Waals surface area contributed by atoms with Crippen LogP contribution in [-0.4, -0.2) is 16.5 Å². The SMILES string of the molecule is CC(C)N1c2cccc(-c3nc(C4CCC4)cs3)c2CC1Cl. The van der Waals surface area contributed by atoms with E-state index in [-0.39, 0.29) is 5.50 Å². The standard InChI is InChI=1S/C18H21ClN2S/c1-11(2)21-16-8-4-7-13(14(16)9-17(21)19)18-20-15(10-22-18)12-5-3-6-12/h4,7-8,10-12,17H,3,5-6,9H2,1-2H3. The van der Waals surface area contributed by atoms with E-state index in [1.165, 1.54) is 41.8 Å². The minimum atomic E-state index is 0.0576. The van der Waals surface area contributed by atoms with E-state index in [1.807, 2.05) is 0 Å². The molecule has 0 saturated heterocycles. The van der Waals surface area contributed by atoms with Gasteiger partial charge in [-0.1, -0.05) is 30.2 Å². The lowest BCUT2D eigenvalue weighted by Gasteiger charge is -2.27. The van der Waals surface area contributed by atoms with E-state index in [0.717, 1.165) is 11.4 Å². The Kier molecular flexibility index (Phi) is 3.66. The first-order valence-electron chi connectivity index (χ1n) is 8.15. The summed E-state index contributed by atoms with van der Waals surface area (Å²) in [6.07, 6.45) is 4.88. The molecule has 1 saturated carbocycles. The van der Waals surface area contributed by atoms with Crippen molar-refractivity contribution in [2.45, 2.75) is 57.0 Å². The summed E-state index contributed by atoms with van der Waals surface area (Å²) in [5.41, 5.74) is 5.28. The van der Waals surface area contributed by atoms with E-state index in [9.17, 15) is 0 Å². The van der Waals surface area contributed by atoms with Gasteiger partial charge in [-0.25, -0.2) is 4.98 Å². The molecule has 0 amide bonds. The third-order valence-corrected chi connectivity index (χ3v) is 6.19. The van der Waals surface area contributed by atoms with Crippen LogP contribution in [0.4, 0.5) is 5.69 Å². The van der Waals surface area contributed by atoms with Crippen LogP contribution >= 0.6 is 22.9 Å². The zero-order chi connectivity index (χ0) is 15.3. The largest absolute Gasteiger partial charge is 0.352 e. The summed E-state index contributed by atoms with van der Waals surface area (Å²) in [5, 5.41) is 3.42. The van der Waals surface area contributed by atoms with Crippen LogP contribution in [0.15, 0.2) is 23.6 Å². The number of hydrogen-bond acceptors (Lipinski definition) is 3. The Morgan fingerprint density at radius 3 is 2.82 bits per heavy atom. The molecule has 2 nitrogen and oxygen atoms in total. The Morgan fingerprint density at radius 2 is 2.14 bits per heavy atom. The Morgan fingerprint density at radius 1 is 1.32 bits per heavy atom. The molecule has 0 N–H and O–H groups in total. The summed E-state index contributed by atoms with van der Waals surface area (Å²) < 4.78 is 0.